The van der Waals surface area contributed by atoms with Gasteiger partial charge in [-0.05, 0) is 39.2 Å². The maximum atomic E-state index is 6.02. The predicted octanol–water partition coefficient (Wildman–Crippen LogP) is 3.41. The average Bonchev–Trinajstić information content (AvgIpc) is 2.82. The molecule has 1 fully saturated rings. The van der Waals surface area contributed by atoms with E-state index in [1.807, 2.05) is 0 Å². The molecule has 1 aliphatic carbocycles. The molecule has 0 aromatic heterocycles. The van der Waals surface area contributed by atoms with Gasteiger partial charge in [-0.2, -0.15) is 0 Å². The van der Waals surface area contributed by atoms with Crippen molar-refractivity contribution in [2.24, 2.45) is 11.7 Å². The summed E-state index contributed by atoms with van der Waals surface area (Å²) in [5.74, 6) is 0.928. The molecule has 2 nitrogen and oxygen atoms in total. The molecule has 1 saturated carbocycles. The molecule has 0 aliphatic heterocycles. The molecular formula is C15H32N2. The fourth-order valence-electron chi connectivity index (χ4n) is 3.01. The molecular weight excluding hydrogens is 208 g/mol. The van der Waals surface area contributed by atoms with E-state index in [2.05, 4.69) is 25.8 Å². The lowest BCUT2D eigenvalue weighted by molar-refractivity contribution is 0.111. The molecule has 102 valence electrons. The van der Waals surface area contributed by atoms with Crippen molar-refractivity contribution in [2.75, 3.05) is 20.1 Å². The lowest BCUT2D eigenvalue weighted by atomic mass is 9.91. The van der Waals surface area contributed by atoms with Crippen molar-refractivity contribution in [1.82, 2.24) is 4.90 Å². The van der Waals surface area contributed by atoms with Crippen LogP contribution in [-0.4, -0.2) is 30.6 Å². The van der Waals surface area contributed by atoms with Crippen molar-refractivity contribution in [2.45, 2.75) is 70.8 Å². The minimum absolute atomic E-state index is 0.220. The second-order valence-electron chi connectivity index (χ2n) is 6.19. The molecule has 0 aromatic carbocycles. The lowest BCUT2D eigenvalue weighted by Crippen LogP contribution is -2.51. The topological polar surface area (TPSA) is 29.3 Å². The molecule has 0 bridgehead atoms. The molecule has 1 rings (SSSR count). The summed E-state index contributed by atoms with van der Waals surface area (Å²) in [5, 5.41) is 0. The van der Waals surface area contributed by atoms with Gasteiger partial charge in [-0.1, -0.05) is 39.0 Å². The number of rotatable bonds is 8. The van der Waals surface area contributed by atoms with Crippen LogP contribution in [0.15, 0.2) is 0 Å². The van der Waals surface area contributed by atoms with Gasteiger partial charge in [0.2, 0.25) is 0 Å². The standard InChI is InChI=1S/C15H32N2/c1-4-5-8-11-15(2,13-16)17(3)12-14-9-6-7-10-14/h14H,4-13,16H2,1-3H3. The van der Waals surface area contributed by atoms with E-state index in [0.29, 0.717) is 0 Å². The minimum Gasteiger partial charge on any atom is -0.329 e. The number of unbranched alkanes of at least 4 members (excludes halogenated alkanes) is 2. The normalized spacial score (nSPS) is 21.0. The maximum Gasteiger partial charge on any atom is 0.0300 e. The molecule has 0 radical (unpaired) electrons. The van der Waals surface area contributed by atoms with Gasteiger partial charge in [0, 0.05) is 18.6 Å². The molecule has 0 heterocycles. The first-order valence-electron chi connectivity index (χ1n) is 7.53. The molecule has 2 heteroatoms. The number of hydrogen-bond donors (Lipinski definition) is 1. The largest absolute Gasteiger partial charge is 0.329 e. The third-order valence-electron chi connectivity index (χ3n) is 4.69. The highest BCUT2D eigenvalue weighted by molar-refractivity contribution is 4.87. The zero-order chi connectivity index (χ0) is 12.7. The smallest absolute Gasteiger partial charge is 0.0300 e. The Labute approximate surface area is 108 Å². The second-order valence-corrected chi connectivity index (χ2v) is 6.19. The molecule has 1 unspecified atom stereocenters. The predicted molar refractivity (Wildman–Crippen MR) is 76.2 cm³/mol. The zero-order valence-electron chi connectivity index (χ0n) is 12.2. The van der Waals surface area contributed by atoms with Crippen molar-refractivity contribution in [3.63, 3.8) is 0 Å². The van der Waals surface area contributed by atoms with Gasteiger partial charge < -0.3 is 5.73 Å². The van der Waals surface area contributed by atoms with Crippen LogP contribution in [0.5, 0.6) is 0 Å². The fourth-order valence-corrected chi connectivity index (χ4v) is 3.01. The Morgan fingerprint density at radius 3 is 2.41 bits per heavy atom. The summed E-state index contributed by atoms with van der Waals surface area (Å²) in [7, 11) is 2.27. The van der Waals surface area contributed by atoms with Gasteiger partial charge in [0.1, 0.15) is 0 Å². The SMILES string of the molecule is CCCCCC(C)(CN)N(C)CC1CCCC1. The summed E-state index contributed by atoms with van der Waals surface area (Å²) in [6.45, 7) is 6.65. The van der Waals surface area contributed by atoms with Gasteiger partial charge in [0.25, 0.3) is 0 Å². The molecule has 2 N–H and O–H groups in total. The van der Waals surface area contributed by atoms with Gasteiger partial charge in [-0.15, -0.1) is 0 Å². The number of likely N-dealkylation sites (N-methyl/N-ethyl adjacent to an activating group) is 1. The Bertz CT molecular complexity index is 199. The molecule has 0 saturated heterocycles. The Kier molecular flexibility index (Phi) is 6.50. The van der Waals surface area contributed by atoms with Crippen LogP contribution in [0.4, 0.5) is 0 Å². The summed E-state index contributed by atoms with van der Waals surface area (Å²) in [6.07, 6.45) is 10.9. The van der Waals surface area contributed by atoms with Crippen molar-refractivity contribution in [3.8, 4) is 0 Å². The number of nitrogens with two attached hydrogens (primary N) is 1. The molecule has 1 atom stereocenters. The third kappa shape index (κ3) is 4.59. The van der Waals surface area contributed by atoms with Gasteiger partial charge in [-0.25, -0.2) is 0 Å². The highest BCUT2D eigenvalue weighted by atomic mass is 15.2. The highest BCUT2D eigenvalue weighted by Gasteiger charge is 2.29. The lowest BCUT2D eigenvalue weighted by Gasteiger charge is -2.39. The quantitative estimate of drug-likeness (QED) is 0.659. The summed E-state index contributed by atoms with van der Waals surface area (Å²) in [5.41, 5.74) is 6.24. The van der Waals surface area contributed by atoms with Crippen LogP contribution in [0, 0.1) is 5.92 Å². The number of hydrogen-bond acceptors (Lipinski definition) is 2. The van der Waals surface area contributed by atoms with E-state index in [0.717, 1.165) is 12.5 Å². The van der Waals surface area contributed by atoms with E-state index in [1.165, 1.54) is 57.9 Å². The van der Waals surface area contributed by atoms with Crippen molar-refractivity contribution in [3.05, 3.63) is 0 Å². The van der Waals surface area contributed by atoms with E-state index in [9.17, 15) is 0 Å². The first kappa shape index (κ1) is 15.0. The van der Waals surface area contributed by atoms with E-state index >= 15 is 0 Å². The van der Waals surface area contributed by atoms with Gasteiger partial charge in [0.15, 0.2) is 0 Å². The van der Waals surface area contributed by atoms with Gasteiger partial charge >= 0.3 is 0 Å². The first-order chi connectivity index (χ1) is 8.12. The Hall–Kier alpha value is -0.0800. The Morgan fingerprint density at radius 2 is 1.88 bits per heavy atom. The van der Waals surface area contributed by atoms with E-state index in [1.54, 1.807) is 0 Å². The second kappa shape index (κ2) is 7.38. The van der Waals surface area contributed by atoms with Gasteiger partial charge in [0.05, 0.1) is 0 Å². The summed E-state index contributed by atoms with van der Waals surface area (Å²) in [4.78, 5) is 2.54. The maximum absolute atomic E-state index is 6.02. The Balaban J connectivity index is 2.39. The highest BCUT2D eigenvalue weighted by Crippen LogP contribution is 2.28. The van der Waals surface area contributed by atoms with Crippen LogP contribution in [0.2, 0.25) is 0 Å². The van der Waals surface area contributed by atoms with Crippen LogP contribution in [0.3, 0.4) is 0 Å². The summed E-state index contributed by atoms with van der Waals surface area (Å²) in [6, 6.07) is 0. The van der Waals surface area contributed by atoms with Crippen LogP contribution in [0.1, 0.15) is 65.2 Å². The van der Waals surface area contributed by atoms with Crippen molar-refractivity contribution < 1.29 is 0 Å². The molecule has 0 aromatic rings. The zero-order valence-corrected chi connectivity index (χ0v) is 12.2. The van der Waals surface area contributed by atoms with Gasteiger partial charge in [-0.3, -0.25) is 4.90 Å². The minimum atomic E-state index is 0.220. The third-order valence-corrected chi connectivity index (χ3v) is 4.69. The molecule has 0 spiro atoms. The first-order valence-corrected chi connectivity index (χ1v) is 7.53. The van der Waals surface area contributed by atoms with E-state index in [4.69, 9.17) is 5.73 Å². The van der Waals surface area contributed by atoms with E-state index < -0.39 is 0 Å². The van der Waals surface area contributed by atoms with Crippen molar-refractivity contribution in [1.29, 1.82) is 0 Å². The van der Waals surface area contributed by atoms with E-state index in [-0.39, 0.29) is 5.54 Å². The summed E-state index contributed by atoms with van der Waals surface area (Å²) < 4.78 is 0. The number of nitrogens with zero attached hydrogens (tertiary/aromatic N) is 1. The summed E-state index contributed by atoms with van der Waals surface area (Å²) >= 11 is 0. The molecule has 17 heavy (non-hydrogen) atoms. The van der Waals surface area contributed by atoms with Crippen LogP contribution in [0.25, 0.3) is 0 Å². The average molecular weight is 240 g/mol. The van der Waals surface area contributed by atoms with Crippen LogP contribution in [-0.2, 0) is 0 Å². The van der Waals surface area contributed by atoms with Crippen molar-refractivity contribution >= 4 is 0 Å². The van der Waals surface area contributed by atoms with Crippen LogP contribution >= 0.6 is 0 Å². The van der Waals surface area contributed by atoms with Crippen LogP contribution < -0.4 is 5.73 Å². The Morgan fingerprint density at radius 1 is 1.24 bits per heavy atom. The molecule has 0 amide bonds. The fraction of sp³-hybridized carbons (Fsp3) is 1.00. The monoisotopic (exact) mass is 240 g/mol. The molecule has 1 aliphatic rings.